The molecule has 1 aromatic rings. The van der Waals surface area contributed by atoms with Crippen LogP contribution < -0.4 is 5.56 Å². The molecule has 1 aromatic heterocycles. The highest BCUT2D eigenvalue weighted by molar-refractivity contribution is 7.86. The van der Waals surface area contributed by atoms with Crippen LogP contribution in [0, 0.1) is 6.92 Å². The Hall–Kier alpha value is -1.29. The predicted octanol–water partition coefficient (Wildman–Crippen LogP) is -0.742. The zero-order valence-electron chi connectivity index (χ0n) is 11.7. The summed E-state index contributed by atoms with van der Waals surface area (Å²) in [5, 5.41) is 0. The highest BCUT2D eigenvalue weighted by Crippen LogP contribution is 2.21. The van der Waals surface area contributed by atoms with Gasteiger partial charge in [0.1, 0.15) is 11.9 Å². The molecule has 112 valence electrons. The number of nitrogens with zero attached hydrogens (tertiary/aromatic N) is 3. The van der Waals surface area contributed by atoms with Gasteiger partial charge in [-0.2, -0.15) is 17.0 Å². The van der Waals surface area contributed by atoms with Crippen LogP contribution >= 0.6 is 0 Å². The molecule has 0 amide bonds. The van der Waals surface area contributed by atoms with E-state index in [0.29, 0.717) is 11.5 Å². The van der Waals surface area contributed by atoms with Crippen molar-refractivity contribution < 1.29 is 13.2 Å². The van der Waals surface area contributed by atoms with E-state index in [1.165, 1.54) is 24.5 Å². The number of aromatic amines is 1. The number of rotatable bonds is 3. The molecule has 8 nitrogen and oxygen atoms in total. The van der Waals surface area contributed by atoms with Crippen molar-refractivity contribution in [3.05, 3.63) is 27.9 Å². The molecular formula is C11H18N4O4S. The van der Waals surface area contributed by atoms with Crippen LogP contribution in [0.1, 0.15) is 17.6 Å². The van der Waals surface area contributed by atoms with Crippen LogP contribution in [0.25, 0.3) is 0 Å². The van der Waals surface area contributed by atoms with Crippen molar-refractivity contribution in [2.75, 3.05) is 33.8 Å². The van der Waals surface area contributed by atoms with E-state index in [2.05, 4.69) is 9.97 Å². The topological polar surface area (TPSA) is 95.6 Å². The average molecular weight is 302 g/mol. The van der Waals surface area contributed by atoms with Crippen LogP contribution in [0.2, 0.25) is 0 Å². The van der Waals surface area contributed by atoms with Crippen molar-refractivity contribution in [3.63, 3.8) is 0 Å². The molecule has 1 aliphatic rings. The van der Waals surface area contributed by atoms with Gasteiger partial charge in [0, 0.05) is 38.9 Å². The normalized spacial score (nSPS) is 21.3. The maximum absolute atomic E-state index is 12.1. The number of H-pyrrole nitrogens is 1. The smallest absolute Gasteiger partial charge is 0.281 e. The molecular weight excluding hydrogens is 284 g/mol. The minimum Gasteiger partial charge on any atom is -0.368 e. The van der Waals surface area contributed by atoms with Crippen LogP contribution in [-0.2, 0) is 14.9 Å². The quantitative estimate of drug-likeness (QED) is 0.793. The van der Waals surface area contributed by atoms with Crippen LogP contribution in [0.4, 0.5) is 0 Å². The van der Waals surface area contributed by atoms with E-state index in [-0.39, 0.29) is 25.3 Å². The van der Waals surface area contributed by atoms with Crippen LogP contribution in [0.15, 0.2) is 10.9 Å². The van der Waals surface area contributed by atoms with Gasteiger partial charge in [0.15, 0.2) is 0 Å². The predicted molar refractivity (Wildman–Crippen MR) is 72.5 cm³/mol. The first kappa shape index (κ1) is 15.1. The Labute approximate surface area is 117 Å². The van der Waals surface area contributed by atoms with Crippen LogP contribution in [-0.4, -0.2) is 60.8 Å². The summed E-state index contributed by atoms with van der Waals surface area (Å²) in [7, 11) is -0.537. The summed E-state index contributed by atoms with van der Waals surface area (Å²) in [6, 6.07) is 1.38. The van der Waals surface area contributed by atoms with E-state index in [1.807, 2.05) is 0 Å². The summed E-state index contributed by atoms with van der Waals surface area (Å²) in [6.45, 7) is 2.38. The zero-order chi connectivity index (χ0) is 14.9. The fraction of sp³-hybridized carbons (Fsp3) is 0.636. The molecule has 0 aliphatic carbocycles. The van der Waals surface area contributed by atoms with Gasteiger partial charge in [-0.25, -0.2) is 4.98 Å². The van der Waals surface area contributed by atoms with Gasteiger partial charge in [0.05, 0.1) is 6.61 Å². The highest BCUT2D eigenvalue weighted by atomic mass is 32.2. The van der Waals surface area contributed by atoms with Crippen molar-refractivity contribution in [2.24, 2.45) is 0 Å². The third-order valence-electron chi connectivity index (χ3n) is 3.01. The van der Waals surface area contributed by atoms with E-state index < -0.39 is 16.3 Å². The number of aryl methyl sites for hydroxylation is 1. The second kappa shape index (κ2) is 5.60. The van der Waals surface area contributed by atoms with Gasteiger partial charge in [-0.1, -0.05) is 0 Å². The highest BCUT2D eigenvalue weighted by Gasteiger charge is 2.32. The summed E-state index contributed by atoms with van der Waals surface area (Å²) in [5.41, 5.74) is 0.295. The SMILES string of the molecule is Cc1cc(=O)[nH]c(C2CN(S(=O)(=O)N(C)C)CCO2)n1. The molecule has 0 spiro atoms. The Balaban J connectivity index is 2.25. The van der Waals surface area contributed by atoms with Gasteiger partial charge in [-0.15, -0.1) is 0 Å². The van der Waals surface area contributed by atoms with E-state index in [0.717, 1.165) is 4.31 Å². The molecule has 1 aliphatic heterocycles. The maximum Gasteiger partial charge on any atom is 0.281 e. The molecule has 0 bridgehead atoms. The lowest BCUT2D eigenvalue weighted by molar-refractivity contribution is -0.00900. The maximum atomic E-state index is 12.1. The molecule has 1 atom stereocenters. The van der Waals surface area contributed by atoms with Gasteiger partial charge >= 0.3 is 0 Å². The van der Waals surface area contributed by atoms with E-state index in [4.69, 9.17) is 4.74 Å². The number of nitrogens with one attached hydrogen (secondary N) is 1. The van der Waals surface area contributed by atoms with E-state index >= 15 is 0 Å². The monoisotopic (exact) mass is 302 g/mol. The number of aromatic nitrogens is 2. The Morgan fingerprint density at radius 3 is 2.80 bits per heavy atom. The number of ether oxygens (including phenoxy) is 1. The van der Waals surface area contributed by atoms with Crippen molar-refractivity contribution in [3.8, 4) is 0 Å². The molecule has 2 heterocycles. The van der Waals surface area contributed by atoms with Crippen LogP contribution in [0.5, 0.6) is 0 Å². The molecule has 0 radical (unpaired) electrons. The fourth-order valence-corrected chi connectivity index (χ4v) is 3.08. The van der Waals surface area contributed by atoms with Crippen LogP contribution in [0.3, 0.4) is 0 Å². The lowest BCUT2D eigenvalue weighted by Gasteiger charge is -2.33. The lowest BCUT2D eigenvalue weighted by Crippen LogP contribution is -2.47. The molecule has 0 saturated carbocycles. The summed E-state index contributed by atoms with van der Waals surface area (Å²) >= 11 is 0. The van der Waals surface area contributed by atoms with Gasteiger partial charge in [-0.3, -0.25) is 4.79 Å². The fourth-order valence-electron chi connectivity index (χ4n) is 1.99. The Morgan fingerprint density at radius 2 is 2.20 bits per heavy atom. The molecule has 2 rings (SSSR count). The molecule has 0 aromatic carbocycles. The third-order valence-corrected chi connectivity index (χ3v) is 4.92. The minimum absolute atomic E-state index is 0.132. The summed E-state index contributed by atoms with van der Waals surface area (Å²) in [4.78, 5) is 18.2. The molecule has 1 saturated heterocycles. The molecule has 1 fully saturated rings. The van der Waals surface area contributed by atoms with E-state index in [9.17, 15) is 13.2 Å². The first-order valence-electron chi connectivity index (χ1n) is 6.18. The summed E-state index contributed by atoms with van der Waals surface area (Å²) in [5.74, 6) is 0.355. The standard InChI is InChI=1S/C11H18N4O4S/c1-8-6-10(16)13-11(12-8)9-7-15(4-5-19-9)20(17,18)14(2)3/h6,9H,4-5,7H2,1-3H3,(H,12,13,16). The molecule has 9 heteroatoms. The first-order valence-corrected chi connectivity index (χ1v) is 7.57. The van der Waals surface area contributed by atoms with Crippen molar-refractivity contribution in [2.45, 2.75) is 13.0 Å². The Bertz CT molecular complexity index is 640. The van der Waals surface area contributed by atoms with Crippen molar-refractivity contribution >= 4 is 10.2 Å². The van der Waals surface area contributed by atoms with Crippen molar-refractivity contribution in [1.29, 1.82) is 0 Å². The van der Waals surface area contributed by atoms with Gasteiger partial charge in [-0.05, 0) is 6.92 Å². The lowest BCUT2D eigenvalue weighted by atomic mass is 10.3. The first-order chi connectivity index (χ1) is 9.30. The van der Waals surface area contributed by atoms with Gasteiger partial charge in [0.25, 0.3) is 15.8 Å². The average Bonchev–Trinajstić information content (AvgIpc) is 2.37. The zero-order valence-corrected chi connectivity index (χ0v) is 12.5. The molecule has 20 heavy (non-hydrogen) atoms. The molecule has 1 N–H and O–H groups in total. The number of hydrogen-bond donors (Lipinski definition) is 1. The van der Waals surface area contributed by atoms with Gasteiger partial charge in [0.2, 0.25) is 0 Å². The molecule has 1 unspecified atom stereocenters. The largest absolute Gasteiger partial charge is 0.368 e. The number of morpholine rings is 1. The Kier molecular flexibility index (Phi) is 4.23. The Morgan fingerprint density at radius 1 is 1.50 bits per heavy atom. The third kappa shape index (κ3) is 3.06. The second-order valence-corrected chi connectivity index (χ2v) is 6.92. The summed E-state index contributed by atoms with van der Waals surface area (Å²) < 4.78 is 32.2. The van der Waals surface area contributed by atoms with Crippen molar-refractivity contribution in [1.82, 2.24) is 18.6 Å². The summed E-state index contributed by atoms with van der Waals surface area (Å²) in [6.07, 6.45) is -0.564. The second-order valence-electron chi connectivity index (χ2n) is 4.78. The number of hydrogen-bond acceptors (Lipinski definition) is 5. The van der Waals surface area contributed by atoms with Gasteiger partial charge < -0.3 is 9.72 Å². The minimum atomic E-state index is -3.49. The van der Waals surface area contributed by atoms with E-state index in [1.54, 1.807) is 6.92 Å².